The van der Waals surface area contributed by atoms with Crippen LogP contribution in [0.2, 0.25) is 0 Å². The van der Waals surface area contributed by atoms with Gasteiger partial charge < -0.3 is 13.7 Å². The molecule has 221 valence electrons. The van der Waals surface area contributed by atoms with Gasteiger partial charge in [0.05, 0.1) is 14.7 Å². The molecule has 0 heterocycles. The van der Waals surface area contributed by atoms with Crippen LogP contribution in [0, 0.1) is 62.3 Å². The molecule has 0 unspecified atom stereocenters. The van der Waals surface area contributed by atoms with Crippen LogP contribution in [-0.4, -0.2) is 38.9 Å². The van der Waals surface area contributed by atoms with Crippen LogP contribution >= 0.6 is 0 Å². The maximum absolute atomic E-state index is 10.8. The normalized spacial score (nSPS) is 11.4. The Balaban J connectivity index is 0.000000563. The zero-order valence-corrected chi connectivity index (χ0v) is 27.3. The van der Waals surface area contributed by atoms with Gasteiger partial charge in [0.25, 0.3) is 0 Å². The summed E-state index contributed by atoms with van der Waals surface area (Å²) in [6, 6.07) is 10.2. The fourth-order valence-corrected chi connectivity index (χ4v) is 7.40. The Hall–Kier alpha value is -2.09. The Morgan fingerprint density at radius 1 is 0.375 bits per heavy atom. The topological polar surface area (TPSA) is 172 Å². The third kappa shape index (κ3) is 10.7. The first kappa shape index (κ1) is 37.9. The zero-order valence-electron chi connectivity index (χ0n) is 23.7. The van der Waals surface area contributed by atoms with Crippen molar-refractivity contribution in [2.24, 2.45) is 0 Å². The minimum absolute atomic E-state index is 0. The van der Waals surface area contributed by atoms with E-state index in [1.165, 1.54) is 0 Å². The van der Waals surface area contributed by atoms with Gasteiger partial charge in [0, 0.05) is 0 Å². The van der Waals surface area contributed by atoms with Crippen molar-refractivity contribution in [3.63, 3.8) is 0 Å². The van der Waals surface area contributed by atoms with Crippen LogP contribution in [0.15, 0.2) is 51.1 Å². The fourth-order valence-electron chi connectivity index (χ4n) is 4.68. The summed E-state index contributed by atoms with van der Waals surface area (Å²) in [6.45, 7) is 15.4. The largest absolute Gasteiger partial charge is 3.00 e. The molecular formula is C27H33FeO9S3. The Morgan fingerprint density at radius 3 is 0.600 bits per heavy atom. The van der Waals surface area contributed by atoms with E-state index < -0.39 is 30.4 Å². The van der Waals surface area contributed by atoms with Crippen LogP contribution in [-0.2, 0) is 47.4 Å². The van der Waals surface area contributed by atoms with E-state index in [4.69, 9.17) is 0 Å². The summed E-state index contributed by atoms with van der Waals surface area (Å²) < 4.78 is 97.5. The van der Waals surface area contributed by atoms with Gasteiger partial charge in [0.15, 0.2) is 0 Å². The summed E-state index contributed by atoms with van der Waals surface area (Å²) in [5, 5.41) is 0. The van der Waals surface area contributed by atoms with E-state index in [-0.39, 0.29) is 31.8 Å². The third-order valence-electron chi connectivity index (χ3n) is 5.56. The van der Waals surface area contributed by atoms with Crippen molar-refractivity contribution in [3.05, 3.63) is 86.5 Å². The third-order valence-corrected chi connectivity index (χ3v) is 9.00. The van der Waals surface area contributed by atoms with Gasteiger partial charge in [0.2, 0.25) is 0 Å². The molecule has 1 radical (unpaired) electrons. The monoisotopic (exact) mass is 653 g/mol. The molecule has 0 amide bonds. The molecular weight excluding hydrogens is 620 g/mol. The SMILES string of the molecule is Cc1cc(C)c(S(=O)(=O)[O-])c(C)c1.Cc1cc(C)c(S(=O)(=O)[O-])c(C)c1.Cc1cc(C)c(S(=O)(=O)[O-])c(C)c1.[Fe+3]. The second-order valence-corrected chi connectivity index (χ2v) is 13.5. The number of rotatable bonds is 3. The van der Waals surface area contributed by atoms with Crippen molar-refractivity contribution in [1.82, 2.24) is 0 Å². The molecule has 0 bridgehead atoms. The Labute approximate surface area is 248 Å². The molecule has 0 aromatic heterocycles. The maximum atomic E-state index is 10.8. The Morgan fingerprint density at radius 2 is 0.500 bits per heavy atom. The van der Waals surface area contributed by atoms with Gasteiger partial charge >= 0.3 is 17.1 Å². The van der Waals surface area contributed by atoms with Crippen molar-refractivity contribution >= 4 is 30.4 Å². The second kappa shape index (κ2) is 14.2. The van der Waals surface area contributed by atoms with Crippen molar-refractivity contribution in [2.45, 2.75) is 77.0 Å². The van der Waals surface area contributed by atoms with Crippen molar-refractivity contribution in [3.8, 4) is 0 Å². The van der Waals surface area contributed by atoms with Crippen molar-refractivity contribution in [2.75, 3.05) is 0 Å². The first-order valence-corrected chi connectivity index (χ1v) is 15.8. The molecule has 0 saturated heterocycles. The Bertz CT molecular complexity index is 1440. The summed E-state index contributed by atoms with van der Waals surface area (Å²) in [5.41, 5.74) is 6.01. The smallest absolute Gasteiger partial charge is 0.744 e. The number of benzene rings is 3. The zero-order chi connectivity index (χ0) is 30.7. The van der Waals surface area contributed by atoms with E-state index in [9.17, 15) is 38.9 Å². The van der Waals surface area contributed by atoms with Crippen LogP contribution in [0.4, 0.5) is 0 Å². The van der Waals surface area contributed by atoms with E-state index in [1.54, 1.807) is 77.9 Å². The maximum Gasteiger partial charge on any atom is 3.00 e. The van der Waals surface area contributed by atoms with Crippen molar-refractivity contribution in [1.29, 1.82) is 0 Å². The molecule has 0 fully saturated rings. The van der Waals surface area contributed by atoms with Gasteiger partial charge in [-0.15, -0.1) is 0 Å². The van der Waals surface area contributed by atoms with Gasteiger partial charge in [-0.3, -0.25) is 0 Å². The van der Waals surface area contributed by atoms with Gasteiger partial charge in [-0.25, -0.2) is 25.3 Å². The standard InChI is InChI=1S/3C9H12O3S.Fe/c3*1-6-4-7(2)9(8(3)5-6)13(10,11)12;/h3*4-5H,1-3H3,(H,10,11,12);/q;;;+3/p-3. The summed E-state index contributed by atoms with van der Waals surface area (Å²) in [4.78, 5) is -0.255. The van der Waals surface area contributed by atoms with Crippen molar-refractivity contribution < 1.29 is 56.0 Å². The molecule has 0 atom stereocenters. The first-order valence-electron chi connectivity index (χ1n) is 11.6. The molecule has 3 aromatic rings. The Kier molecular flexibility index (Phi) is 13.5. The van der Waals surface area contributed by atoms with Gasteiger partial charge in [-0.2, -0.15) is 0 Å². The summed E-state index contributed by atoms with van der Waals surface area (Å²) in [6.07, 6.45) is 0. The van der Waals surface area contributed by atoms with E-state index in [1.807, 2.05) is 20.8 Å². The molecule has 0 spiro atoms. The van der Waals surface area contributed by atoms with Crippen LogP contribution in [0.5, 0.6) is 0 Å². The van der Waals surface area contributed by atoms with Crippen LogP contribution < -0.4 is 0 Å². The quantitative estimate of drug-likeness (QED) is 0.291. The molecule has 0 aliphatic rings. The molecule has 13 heteroatoms. The van der Waals surface area contributed by atoms with Gasteiger partial charge in [-0.1, -0.05) is 53.1 Å². The minimum atomic E-state index is -4.33. The number of hydrogen-bond donors (Lipinski definition) is 0. The summed E-state index contributed by atoms with van der Waals surface area (Å²) in [7, 11) is -13.0. The predicted octanol–water partition coefficient (Wildman–Crippen LogP) is 4.55. The molecule has 9 nitrogen and oxygen atoms in total. The molecule has 0 aliphatic carbocycles. The van der Waals surface area contributed by atoms with Gasteiger partial charge in [0.1, 0.15) is 30.4 Å². The van der Waals surface area contributed by atoms with Crippen LogP contribution in [0.1, 0.15) is 50.1 Å². The molecule has 40 heavy (non-hydrogen) atoms. The van der Waals surface area contributed by atoms with E-state index >= 15 is 0 Å². The second-order valence-electron chi connectivity index (χ2n) is 9.55. The molecule has 0 saturated carbocycles. The van der Waals surface area contributed by atoms with E-state index in [0.29, 0.717) is 33.4 Å². The van der Waals surface area contributed by atoms with Crippen LogP contribution in [0.25, 0.3) is 0 Å². The predicted molar refractivity (Wildman–Crippen MR) is 146 cm³/mol. The number of aryl methyl sites for hydroxylation is 9. The molecule has 3 aromatic carbocycles. The first-order chi connectivity index (χ1) is 17.5. The van der Waals surface area contributed by atoms with Gasteiger partial charge in [-0.05, 0) is 95.7 Å². The average Bonchev–Trinajstić information content (AvgIpc) is 2.62. The van der Waals surface area contributed by atoms with E-state index in [0.717, 1.165) is 16.7 Å². The summed E-state index contributed by atoms with van der Waals surface area (Å²) in [5.74, 6) is 0. The summed E-state index contributed by atoms with van der Waals surface area (Å²) >= 11 is 0. The molecule has 3 rings (SSSR count). The minimum Gasteiger partial charge on any atom is -0.744 e. The molecule has 0 N–H and O–H groups in total. The number of hydrogen-bond acceptors (Lipinski definition) is 9. The fraction of sp³-hybridized carbons (Fsp3) is 0.333. The molecule has 0 aliphatic heterocycles. The van der Waals surface area contributed by atoms with E-state index in [2.05, 4.69) is 0 Å². The van der Waals surface area contributed by atoms with Crippen LogP contribution in [0.3, 0.4) is 0 Å². The average molecular weight is 654 g/mol.